The summed E-state index contributed by atoms with van der Waals surface area (Å²) in [4.78, 5) is 11.2. The van der Waals surface area contributed by atoms with Gasteiger partial charge in [0.15, 0.2) is 0 Å². The van der Waals surface area contributed by atoms with Crippen LogP contribution in [-0.4, -0.2) is 14.4 Å². The van der Waals surface area contributed by atoms with Gasteiger partial charge in [-0.2, -0.15) is 8.42 Å². The van der Waals surface area contributed by atoms with Crippen LogP contribution in [0.15, 0.2) is 35.2 Å². The summed E-state index contributed by atoms with van der Waals surface area (Å²) in [5, 5.41) is 0. The first kappa shape index (κ1) is 10.2. The van der Waals surface area contributed by atoms with Gasteiger partial charge in [0, 0.05) is 0 Å². The zero-order valence-electron chi connectivity index (χ0n) is 7.92. The molecule has 1 aliphatic rings. The van der Waals surface area contributed by atoms with E-state index in [1.807, 2.05) is 0 Å². The molecular weight excluding hydrogens is 216 g/mol. The van der Waals surface area contributed by atoms with Gasteiger partial charge >= 0.3 is 16.1 Å². The Balaban J connectivity index is 2.16. The maximum absolute atomic E-state index is 11.5. The first-order valence-corrected chi connectivity index (χ1v) is 6.04. The van der Waals surface area contributed by atoms with Crippen molar-refractivity contribution in [2.75, 3.05) is 0 Å². The molecule has 80 valence electrons. The summed E-state index contributed by atoms with van der Waals surface area (Å²) in [6.07, 6.45) is 1.45. The van der Waals surface area contributed by atoms with Crippen LogP contribution in [0.3, 0.4) is 0 Å². The van der Waals surface area contributed by atoms with Gasteiger partial charge in [0.25, 0.3) is 0 Å². The Bertz CT molecular complexity index is 459. The highest BCUT2D eigenvalue weighted by Crippen LogP contribution is 2.31. The van der Waals surface area contributed by atoms with Crippen LogP contribution < -0.4 is 0 Å². The molecule has 5 heteroatoms. The second-order valence-corrected chi connectivity index (χ2v) is 4.99. The highest BCUT2D eigenvalue weighted by molar-refractivity contribution is 7.87. The van der Waals surface area contributed by atoms with Gasteiger partial charge in [0.1, 0.15) is 4.90 Å². The highest BCUT2D eigenvalue weighted by atomic mass is 32.2. The van der Waals surface area contributed by atoms with Crippen molar-refractivity contribution in [1.29, 1.82) is 0 Å². The second kappa shape index (κ2) is 3.66. The maximum Gasteiger partial charge on any atom is 0.341 e. The molecule has 15 heavy (non-hydrogen) atoms. The molecule has 1 aromatic carbocycles. The summed E-state index contributed by atoms with van der Waals surface area (Å²) in [6, 6.07) is 7.66. The fourth-order valence-electron chi connectivity index (χ4n) is 1.13. The minimum Gasteiger partial charge on any atom is -0.342 e. The molecule has 2 rings (SSSR count). The molecule has 1 aliphatic carbocycles. The molecule has 0 unspecified atom stereocenters. The first-order chi connectivity index (χ1) is 7.09. The van der Waals surface area contributed by atoms with Crippen molar-refractivity contribution in [3.8, 4) is 0 Å². The SMILES string of the molecule is O=C(OS(=O)(=O)c1ccccc1)C1CC1. The van der Waals surface area contributed by atoms with Crippen molar-refractivity contribution in [2.45, 2.75) is 17.7 Å². The van der Waals surface area contributed by atoms with Crippen LogP contribution in [0.25, 0.3) is 0 Å². The number of hydrogen-bond acceptors (Lipinski definition) is 4. The average molecular weight is 226 g/mol. The monoisotopic (exact) mass is 226 g/mol. The minimum atomic E-state index is -3.91. The molecule has 0 spiro atoms. The number of benzene rings is 1. The largest absolute Gasteiger partial charge is 0.342 e. The molecule has 0 heterocycles. The van der Waals surface area contributed by atoms with Crippen molar-refractivity contribution in [1.82, 2.24) is 0 Å². The molecule has 0 N–H and O–H groups in total. The van der Waals surface area contributed by atoms with E-state index in [9.17, 15) is 13.2 Å². The van der Waals surface area contributed by atoms with Crippen molar-refractivity contribution in [3.63, 3.8) is 0 Å². The fourth-order valence-corrected chi connectivity index (χ4v) is 2.07. The van der Waals surface area contributed by atoms with E-state index in [1.54, 1.807) is 18.2 Å². The lowest BCUT2D eigenvalue weighted by Crippen LogP contribution is -2.14. The Morgan fingerprint density at radius 1 is 1.20 bits per heavy atom. The molecule has 0 amide bonds. The van der Waals surface area contributed by atoms with Crippen molar-refractivity contribution in [3.05, 3.63) is 30.3 Å². The van der Waals surface area contributed by atoms with E-state index in [2.05, 4.69) is 4.18 Å². The maximum atomic E-state index is 11.5. The van der Waals surface area contributed by atoms with Gasteiger partial charge in [-0.05, 0) is 25.0 Å². The van der Waals surface area contributed by atoms with Gasteiger partial charge in [-0.25, -0.2) is 0 Å². The van der Waals surface area contributed by atoms with Crippen LogP contribution in [-0.2, 0) is 19.1 Å². The van der Waals surface area contributed by atoms with Gasteiger partial charge < -0.3 is 4.18 Å². The predicted molar refractivity (Wildman–Crippen MR) is 52.4 cm³/mol. The van der Waals surface area contributed by atoms with Gasteiger partial charge in [0.05, 0.1) is 5.92 Å². The lowest BCUT2D eigenvalue weighted by atomic mass is 10.4. The summed E-state index contributed by atoms with van der Waals surface area (Å²) < 4.78 is 27.5. The Morgan fingerprint density at radius 3 is 2.33 bits per heavy atom. The van der Waals surface area contributed by atoms with Crippen LogP contribution in [0.2, 0.25) is 0 Å². The van der Waals surface area contributed by atoms with Crippen LogP contribution in [0.1, 0.15) is 12.8 Å². The van der Waals surface area contributed by atoms with Gasteiger partial charge in [-0.3, -0.25) is 4.79 Å². The van der Waals surface area contributed by atoms with E-state index in [0.29, 0.717) is 0 Å². The molecule has 0 saturated heterocycles. The van der Waals surface area contributed by atoms with Crippen molar-refractivity contribution in [2.24, 2.45) is 5.92 Å². The number of carbonyl (C=O) groups excluding carboxylic acids is 1. The van der Waals surface area contributed by atoms with Gasteiger partial charge in [-0.15, -0.1) is 0 Å². The fraction of sp³-hybridized carbons (Fsp3) is 0.300. The van der Waals surface area contributed by atoms with Gasteiger partial charge in [-0.1, -0.05) is 18.2 Å². The molecular formula is C10H10O4S. The topological polar surface area (TPSA) is 60.4 Å². The van der Waals surface area contributed by atoms with Crippen molar-refractivity contribution < 1.29 is 17.4 Å². The summed E-state index contributed by atoms with van der Waals surface area (Å²) in [5.74, 6) is -0.859. The number of hydrogen-bond donors (Lipinski definition) is 0. The third-order valence-corrected chi connectivity index (χ3v) is 3.37. The van der Waals surface area contributed by atoms with E-state index >= 15 is 0 Å². The number of rotatable bonds is 3. The zero-order valence-corrected chi connectivity index (χ0v) is 8.74. The van der Waals surface area contributed by atoms with E-state index < -0.39 is 16.1 Å². The molecule has 1 fully saturated rings. The molecule has 0 bridgehead atoms. The molecule has 1 saturated carbocycles. The van der Waals surface area contributed by atoms with Crippen LogP contribution >= 0.6 is 0 Å². The Morgan fingerprint density at radius 2 is 1.80 bits per heavy atom. The van der Waals surface area contributed by atoms with E-state index in [4.69, 9.17) is 0 Å². The van der Waals surface area contributed by atoms with Crippen molar-refractivity contribution >= 4 is 16.1 Å². The molecule has 1 aromatic rings. The third-order valence-electron chi connectivity index (χ3n) is 2.13. The van der Waals surface area contributed by atoms with E-state index in [-0.39, 0.29) is 10.8 Å². The summed E-state index contributed by atoms with van der Waals surface area (Å²) in [7, 11) is -3.91. The highest BCUT2D eigenvalue weighted by Gasteiger charge is 2.34. The summed E-state index contributed by atoms with van der Waals surface area (Å²) in [6.45, 7) is 0. The van der Waals surface area contributed by atoms with Gasteiger partial charge in [0.2, 0.25) is 0 Å². The quantitative estimate of drug-likeness (QED) is 0.729. The normalized spacial score (nSPS) is 16.0. The second-order valence-electron chi connectivity index (χ2n) is 3.44. The van der Waals surface area contributed by atoms with Crippen LogP contribution in [0.5, 0.6) is 0 Å². The lowest BCUT2D eigenvalue weighted by molar-refractivity contribution is -0.135. The lowest BCUT2D eigenvalue weighted by Gasteiger charge is -2.03. The molecule has 0 atom stereocenters. The smallest absolute Gasteiger partial charge is 0.341 e. The molecule has 4 nitrogen and oxygen atoms in total. The number of carbonyl (C=O) groups is 1. The standard InChI is InChI=1S/C10H10O4S/c11-10(8-6-7-8)14-15(12,13)9-4-2-1-3-5-9/h1-5,8H,6-7H2. The van der Waals surface area contributed by atoms with E-state index in [1.165, 1.54) is 12.1 Å². The Labute approximate surface area is 88.0 Å². The minimum absolute atomic E-state index is 0.0130. The molecule has 0 aromatic heterocycles. The van der Waals surface area contributed by atoms with Crippen LogP contribution in [0.4, 0.5) is 0 Å². The Hall–Kier alpha value is -1.36. The summed E-state index contributed by atoms with van der Waals surface area (Å²) >= 11 is 0. The molecule has 0 aliphatic heterocycles. The van der Waals surface area contributed by atoms with E-state index in [0.717, 1.165) is 12.8 Å². The Kier molecular flexibility index (Phi) is 2.48. The average Bonchev–Trinajstić information content (AvgIpc) is 3.01. The first-order valence-electron chi connectivity index (χ1n) is 4.63. The zero-order chi connectivity index (χ0) is 10.9. The van der Waals surface area contributed by atoms with Crippen LogP contribution in [0, 0.1) is 5.92 Å². The molecule has 0 radical (unpaired) electrons. The predicted octanol–water partition coefficient (Wildman–Crippen LogP) is 1.33. The summed E-state index contributed by atoms with van der Waals surface area (Å²) in [5.41, 5.74) is 0. The third kappa shape index (κ3) is 2.36.